The number of amidine groups is 1. The molecule has 44 heavy (non-hydrogen) atoms. The van der Waals surface area contributed by atoms with Crippen LogP contribution in [0.5, 0.6) is 5.75 Å². The molecule has 0 fully saturated rings. The highest BCUT2D eigenvalue weighted by atomic mass is 16.5. The van der Waals surface area contributed by atoms with Crippen LogP contribution in [0.1, 0.15) is 49.0 Å². The number of hydrogen-bond donors (Lipinski definition) is 4. The lowest BCUT2D eigenvalue weighted by Gasteiger charge is -2.07. The average Bonchev–Trinajstić information content (AvgIpc) is 3.59. The third kappa shape index (κ3) is 8.00. The summed E-state index contributed by atoms with van der Waals surface area (Å²) in [6.07, 6.45) is 9.16. The van der Waals surface area contributed by atoms with Crippen molar-refractivity contribution in [3.05, 3.63) is 95.3 Å². The molecule has 0 atom stereocenters. The van der Waals surface area contributed by atoms with Gasteiger partial charge in [0.2, 0.25) is 0 Å². The predicted molar refractivity (Wildman–Crippen MR) is 172 cm³/mol. The van der Waals surface area contributed by atoms with Gasteiger partial charge in [-0.05, 0) is 48.0 Å². The number of nitrogens with one attached hydrogen (secondary N) is 4. The summed E-state index contributed by atoms with van der Waals surface area (Å²) in [6.45, 7) is 0.416. The predicted octanol–water partition coefficient (Wildman–Crippen LogP) is 3.81. The Bertz CT molecular complexity index is 1680. The smallest absolute Gasteiger partial charge is 0.272 e. The Labute approximate surface area is 255 Å². The van der Waals surface area contributed by atoms with Crippen molar-refractivity contribution in [1.29, 1.82) is 0 Å². The average molecular weight is 597 g/mol. The van der Waals surface area contributed by atoms with Crippen molar-refractivity contribution in [3.63, 3.8) is 0 Å². The van der Waals surface area contributed by atoms with Crippen molar-refractivity contribution in [3.8, 4) is 5.75 Å². The van der Waals surface area contributed by atoms with E-state index in [2.05, 4.69) is 31.2 Å². The SMILES string of the molecule is C/N=C(\CCNC(=O)c1cc(NC(=O)c2cc(NC(=O)c3ccc(/C=C/c4ccc(OC)cc4)nc3)cn2C)cn1C)NC. The molecule has 3 aromatic heterocycles. The van der Waals surface area contributed by atoms with Crippen LogP contribution in [-0.2, 0) is 14.1 Å². The number of carbonyl (C=O) groups is 3. The van der Waals surface area contributed by atoms with E-state index < -0.39 is 5.91 Å². The molecule has 0 saturated carbocycles. The maximum Gasteiger partial charge on any atom is 0.272 e. The molecule has 228 valence electrons. The van der Waals surface area contributed by atoms with Crippen LogP contribution in [0.25, 0.3) is 12.2 Å². The van der Waals surface area contributed by atoms with E-state index in [1.807, 2.05) is 36.4 Å². The summed E-state index contributed by atoms with van der Waals surface area (Å²) >= 11 is 0. The summed E-state index contributed by atoms with van der Waals surface area (Å²) in [7, 11) is 8.52. The first-order valence-corrected chi connectivity index (χ1v) is 13.9. The lowest BCUT2D eigenvalue weighted by atomic mass is 10.1. The molecule has 0 aliphatic rings. The number of rotatable bonds is 11. The number of hydrogen-bond acceptors (Lipinski definition) is 6. The zero-order valence-corrected chi connectivity index (χ0v) is 25.3. The van der Waals surface area contributed by atoms with Crippen LogP contribution < -0.4 is 26.0 Å². The minimum absolute atomic E-state index is 0.265. The molecule has 0 saturated heterocycles. The number of benzene rings is 1. The fourth-order valence-corrected chi connectivity index (χ4v) is 4.38. The van der Waals surface area contributed by atoms with Gasteiger partial charge in [0.25, 0.3) is 17.7 Å². The number of nitrogens with zero attached hydrogens (tertiary/aromatic N) is 4. The molecule has 3 amide bonds. The van der Waals surface area contributed by atoms with Crippen molar-refractivity contribution in [2.45, 2.75) is 6.42 Å². The number of aromatic nitrogens is 3. The third-order valence-corrected chi connectivity index (χ3v) is 6.81. The normalized spacial score (nSPS) is 11.3. The number of carbonyl (C=O) groups excluding carboxylic acids is 3. The highest BCUT2D eigenvalue weighted by Crippen LogP contribution is 2.19. The van der Waals surface area contributed by atoms with Gasteiger partial charge in [-0.3, -0.25) is 24.4 Å². The number of aryl methyl sites for hydroxylation is 2. The van der Waals surface area contributed by atoms with Crippen LogP contribution in [0.3, 0.4) is 0 Å². The van der Waals surface area contributed by atoms with E-state index >= 15 is 0 Å². The summed E-state index contributed by atoms with van der Waals surface area (Å²) in [5.74, 6) is 0.557. The van der Waals surface area contributed by atoms with Gasteiger partial charge in [0.05, 0.1) is 35.6 Å². The Kier molecular flexibility index (Phi) is 10.3. The quantitative estimate of drug-likeness (QED) is 0.153. The van der Waals surface area contributed by atoms with Crippen LogP contribution in [-0.4, -0.2) is 65.4 Å². The monoisotopic (exact) mass is 596 g/mol. The third-order valence-electron chi connectivity index (χ3n) is 6.81. The van der Waals surface area contributed by atoms with Crippen LogP contribution in [0, 0.1) is 0 Å². The Morgan fingerprint density at radius 2 is 1.52 bits per heavy atom. The van der Waals surface area contributed by atoms with E-state index in [1.165, 1.54) is 6.20 Å². The maximum atomic E-state index is 13.0. The lowest BCUT2D eigenvalue weighted by Crippen LogP contribution is -2.30. The maximum absolute atomic E-state index is 13.0. The summed E-state index contributed by atoms with van der Waals surface area (Å²) in [4.78, 5) is 47.0. The van der Waals surface area contributed by atoms with E-state index in [1.54, 1.807) is 81.1 Å². The molecule has 12 heteroatoms. The highest BCUT2D eigenvalue weighted by Gasteiger charge is 2.17. The van der Waals surface area contributed by atoms with Gasteiger partial charge in [-0.2, -0.15) is 0 Å². The fourth-order valence-electron chi connectivity index (χ4n) is 4.38. The van der Waals surface area contributed by atoms with E-state index in [9.17, 15) is 14.4 Å². The fraction of sp³-hybridized carbons (Fsp3) is 0.219. The highest BCUT2D eigenvalue weighted by molar-refractivity contribution is 6.07. The van der Waals surface area contributed by atoms with Crippen LogP contribution in [0.2, 0.25) is 0 Å². The molecule has 0 aliphatic carbocycles. The molecule has 3 heterocycles. The number of pyridine rings is 1. The summed E-state index contributed by atoms with van der Waals surface area (Å²) < 4.78 is 8.43. The van der Waals surface area contributed by atoms with Gasteiger partial charge >= 0.3 is 0 Å². The number of methoxy groups -OCH3 is 1. The van der Waals surface area contributed by atoms with E-state index in [-0.39, 0.29) is 11.8 Å². The number of aliphatic imine (C=N–C) groups is 1. The van der Waals surface area contributed by atoms with Crippen molar-refractivity contribution >= 4 is 47.1 Å². The van der Waals surface area contributed by atoms with Gasteiger partial charge in [0.1, 0.15) is 17.1 Å². The molecule has 0 unspecified atom stereocenters. The van der Waals surface area contributed by atoms with Gasteiger partial charge in [0, 0.05) is 59.7 Å². The van der Waals surface area contributed by atoms with E-state index in [0.29, 0.717) is 47.0 Å². The van der Waals surface area contributed by atoms with Crippen LogP contribution in [0.15, 0.2) is 72.1 Å². The molecule has 12 nitrogen and oxygen atoms in total. The largest absolute Gasteiger partial charge is 0.497 e. The minimum Gasteiger partial charge on any atom is -0.497 e. The Balaban J connectivity index is 1.33. The van der Waals surface area contributed by atoms with Gasteiger partial charge in [-0.25, -0.2) is 0 Å². The molecular formula is C32H36N8O4. The molecular weight excluding hydrogens is 560 g/mol. The standard InChI is InChI=1S/C32H36N8O4/c1-33-29(34-2)14-15-35-31(42)27-16-25(20-39(27)3)38-32(43)28-17-24(19-40(28)4)37-30(41)22-9-11-23(36-18-22)10-6-21-7-12-26(44-5)13-8-21/h6-13,16-20H,14-15H2,1-5H3,(H,33,34)(H,35,42)(H,37,41)(H,38,43)/b10-6+. The first-order valence-electron chi connectivity index (χ1n) is 13.9. The second-order valence-corrected chi connectivity index (χ2v) is 9.86. The Morgan fingerprint density at radius 1 is 0.886 bits per heavy atom. The van der Waals surface area contributed by atoms with Gasteiger partial charge in [-0.15, -0.1) is 0 Å². The van der Waals surface area contributed by atoms with E-state index in [0.717, 1.165) is 17.1 Å². The van der Waals surface area contributed by atoms with Crippen molar-refractivity contribution < 1.29 is 19.1 Å². The Hall–Kier alpha value is -5.65. The summed E-state index contributed by atoms with van der Waals surface area (Å²) in [5.41, 5.74) is 3.71. The first kappa shape index (κ1) is 31.3. The molecule has 4 rings (SSSR count). The van der Waals surface area contributed by atoms with Crippen LogP contribution in [0.4, 0.5) is 11.4 Å². The molecule has 0 radical (unpaired) electrons. The van der Waals surface area contributed by atoms with Crippen molar-refractivity contribution in [2.24, 2.45) is 19.1 Å². The molecule has 0 spiro atoms. The van der Waals surface area contributed by atoms with Gasteiger partial charge < -0.3 is 35.1 Å². The Morgan fingerprint density at radius 3 is 2.09 bits per heavy atom. The molecule has 0 bridgehead atoms. The van der Waals surface area contributed by atoms with Crippen molar-refractivity contribution in [2.75, 3.05) is 38.4 Å². The topological polar surface area (TPSA) is 144 Å². The number of amides is 3. The van der Waals surface area contributed by atoms with Gasteiger partial charge in [-0.1, -0.05) is 18.2 Å². The first-order chi connectivity index (χ1) is 21.2. The summed E-state index contributed by atoms with van der Waals surface area (Å²) in [6, 6.07) is 14.3. The van der Waals surface area contributed by atoms with Gasteiger partial charge in [0.15, 0.2) is 0 Å². The lowest BCUT2D eigenvalue weighted by molar-refractivity contribution is 0.0945. The second-order valence-electron chi connectivity index (χ2n) is 9.86. The van der Waals surface area contributed by atoms with Crippen molar-refractivity contribution in [1.82, 2.24) is 24.8 Å². The molecule has 4 aromatic rings. The minimum atomic E-state index is -0.391. The summed E-state index contributed by atoms with van der Waals surface area (Å²) in [5, 5.41) is 11.4. The molecule has 0 aliphatic heterocycles. The second kappa shape index (κ2) is 14.5. The zero-order chi connectivity index (χ0) is 31.6. The molecule has 1 aromatic carbocycles. The molecule has 4 N–H and O–H groups in total. The number of anilines is 2. The number of ether oxygens (including phenoxy) is 1. The zero-order valence-electron chi connectivity index (χ0n) is 25.3. The van der Waals surface area contributed by atoms with Crippen LogP contribution >= 0.6 is 0 Å². The van der Waals surface area contributed by atoms with E-state index in [4.69, 9.17) is 4.74 Å².